The number of hydrogen-bond acceptors (Lipinski definition) is 6. The number of aryl methyl sites for hydroxylation is 2. The molecule has 0 unspecified atom stereocenters. The Morgan fingerprint density at radius 3 is 2.76 bits per heavy atom. The Morgan fingerprint density at radius 2 is 1.94 bits per heavy atom. The van der Waals surface area contributed by atoms with Crippen molar-refractivity contribution in [2.75, 3.05) is 30.7 Å². The quantitative estimate of drug-likeness (QED) is 0.185. The summed E-state index contributed by atoms with van der Waals surface area (Å²) in [5.41, 5.74) is 4.47. The van der Waals surface area contributed by atoms with E-state index in [1.54, 1.807) is 6.07 Å². The largest absolute Gasteiger partial charge is 0.506 e. The molecule has 0 bridgehead atoms. The van der Waals surface area contributed by atoms with E-state index in [1.807, 2.05) is 6.07 Å². The Balaban J connectivity index is 1.28. The Bertz CT molecular complexity index is 1220. The van der Waals surface area contributed by atoms with E-state index in [1.165, 1.54) is 48.0 Å². The molecule has 178 valence electrons. The number of fused-ring (bicyclic) bond motifs is 3. The van der Waals surface area contributed by atoms with Crippen molar-refractivity contribution in [3.05, 3.63) is 53.2 Å². The summed E-state index contributed by atoms with van der Waals surface area (Å²) in [4.78, 5) is 3.56. The van der Waals surface area contributed by atoms with Gasteiger partial charge in [0.05, 0.1) is 18.0 Å². The Labute approximate surface area is 194 Å². The summed E-state index contributed by atoms with van der Waals surface area (Å²) in [6.45, 7) is 1.24. The molecule has 33 heavy (non-hydrogen) atoms. The molecule has 9 heteroatoms. The number of benzene rings is 2. The highest BCUT2D eigenvalue weighted by Gasteiger charge is 2.15. The first-order valence-corrected chi connectivity index (χ1v) is 13.1. The SMILES string of the molecule is CS(=O)(=O)Nc1cc([C@H](O)CNCCOc2ccc3[nH]c4c(c3c2)CCCCC4)ccc1O. The minimum absolute atomic E-state index is 0.0374. The van der Waals surface area contributed by atoms with Gasteiger partial charge in [-0.05, 0) is 67.1 Å². The third-order valence-corrected chi connectivity index (χ3v) is 6.50. The van der Waals surface area contributed by atoms with E-state index in [2.05, 4.69) is 27.2 Å². The van der Waals surface area contributed by atoms with Crippen LogP contribution in [0.2, 0.25) is 0 Å². The van der Waals surface area contributed by atoms with E-state index >= 15 is 0 Å². The molecular weight excluding hydrogens is 442 g/mol. The molecule has 1 aromatic heterocycles. The molecule has 3 aromatic rings. The van der Waals surface area contributed by atoms with E-state index < -0.39 is 16.1 Å². The first-order chi connectivity index (χ1) is 15.8. The van der Waals surface area contributed by atoms with Crippen LogP contribution in [0.15, 0.2) is 36.4 Å². The molecule has 1 atom stereocenters. The summed E-state index contributed by atoms with van der Waals surface area (Å²) in [6, 6.07) is 10.5. The highest BCUT2D eigenvalue weighted by Crippen LogP contribution is 2.31. The van der Waals surface area contributed by atoms with Crippen molar-refractivity contribution in [2.45, 2.75) is 38.2 Å². The van der Waals surface area contributed by atoms with Gasteiger partial charge in [0, 0.05) is 29.7 Å². The fourth-order valence-corrected chi connectivity index (χ4v) is 4.85. The van der Waals surface area contributed by atoms with Crippen LogP contribution in [-0.2, 0) is 22.9 Å². The van der Waals surface area contributed by atoms with Crippen LogP contribution in [-0.4, -0.2) is 49.6 Å². The van der Waals surface area contributed by atoms with Gasteiger partial charge >= 0.3 is 0 Å². The Kier molecular flexibility index (Phi) is 7.11. The van der Waals surface area contributed by atoms with Crippen molar-refractivity contribution in [3.8, 4) is 11.5 Å². The normalized spacial score (nSPS) is 15.1. The summed E-state index contributed by atoms with van der Waals surface area (Å²) in [7, 11) is -3.54. The molecule has 4 rings (SSSR count). The highest BCUT2D eigenvalue weighted by molar-refractivity contribution is 7.92. The Hall–Kier alpha value is -2.75. The van der Waals surface area contributed by atoms with E-state index in [-0.39, 0.29) is 18.0 Å². The zero-order chi connectivity index (χ0) is 23.4. The van der Waals surface area contributed by atoms with E-state index in [0.717, 1.165) is 30.4 Å². The lowest BCUT2D eigenvalue weighted by Crippen LogP contribution is -2.26. The number of aromatic amines is 1. The lowest BCUT2D eigenvalue weighted by molar-refractivity contribution is 0.172. The third kappa shape index (κ3) is 5.98. The summed E-state index contributed by atoms with van der Waals surface area (Å²) in [6.07, 6.45) is 6.09. The molecule has 0 fully saturated rings. The van der Waals surface area contributed by atoms with Gasteiger partial charge in [-0.25, -0.2) is 8.42 Å². The van der Waals surface area contributed by atoms with Crippen LogP contribution in [0.4, 0.5) is 5.69 Å². The number of ether oxygens (including phenoxy) is 1. The number of aliphatic hydroxyl groups is 1. The summed E-state index contributed by atoms with van der Waals surface area (Å²) >= 11 is 0. The van der Waals surface area contributed by atoms with Crippen molar-refractivity contribution >= 4 is 26.6 Å². The second-order valence-corrected chi connectivity index (χ2v) is 10.3. The van der Waals surface area contributed by atoms with Crippen LogP contribution in [0.5, 0.6) is 11.5 Å². The monoisotopic (exact) mass is 473 g/mol. The van der Waals surface area contributed by atoms with E-state index in [0.29, 0.717) is 18.7 Å². The van der Waals surface area contributed by atoms with Gasteiger partial charge in [-0.1, -0.05) is 12.5 Å². The molecule has 1 heterocycles. The predicted octanol–water partition coefficient (Wildman–Crippen LogP) is 3.22. The van der Waals surface area contributed by atoms with Crippen molar-refractivity contribution in [3.63, 3.8) is 0 Å². The Morgan fingerprint density at radius 1 is 1.12 bits per heavy atom. The number of aliphatic hydroxyl groups excluding tert-OH is 1. The van der Waals surface area contributed by atoms with Gasteiger partial charge in [0.2, 0.25) is 10.0 Å². The maximum absolute atomic E-state index is 11.4. The number of sulfonamides is 1. The van der Waals surface area contributed by atoms with Crippen LogP contribution in [0.3, 0.4) is 0 Å². The van der Waals surface area contributed by atoms with Gasteiger partial charge in [-0.2, -0.15) is 0 Å². The molecule has 0 saturated carbocycles. The molecule has 0 radical (unpaired) electrons. The average molecular weight is 474 g/mol. The van der Waals surface area contributed by atoms with Gasteiger partial charge in [0.25, 0.3) is 0 Å². The van der Waals surface area contributed by atoms with Crippen molar-refractivity contribution in [1.82, 2.24) is 10.3 Å². The number of phenolic OH excluding ortho intramolecular Hbond substituents is 1. The maximum Gasteiger partial charge on any atom is 0.229 e. The minimum Gasteiger partial charge on any atom is -0.506 e. The van der Waals surface area contributed by atoms with Crippen molar-refractivity contribution in [2.24, 2.45) is 0 Å². The maximum atomic E-state index is 11.4. The van der Waals surface area contributed by atoms with Gasteiger partial charge in [0.15, 0.2) is 0 Å². The zero-order valence-corrected chi connectivity index (χ0v) is 19.5. The van der Waals surface area contributed by atoms with Gasteiger partial charge in [-0.15, -0.1) is 0 Å². The standard InChI is InChI=1S/C24H31N3O5S/c1-33(30,31)27-22-13-16(7-10-23(22)28)24(29)15-25-11-12-32-17-8-9-21-19(14-17)18-5-3-2-4-6-20(18)26-21/h7-10,13-14,24-29H,2-6,11-12,15H2,1H3/t24-/m1/s1. The molecule has 0 saturated heterocycles. The molecular formula is C24H31N3O5S. The number of hydrogen-bond donors (Lipinski definition) is 5. The molecule has 0 amide bonds. The van der Waals surface area contributed by atoms with Crippen LogP contribution in [0, 0.1) is 0 Å². The van der Waals surface area contributed by atoms with Gasteiger partial charge < -0.3 is 25.3 Å². The van der Waals surface area contributed by atoms with Crippen LogP contribution >= 0.6 is 0 Å². The number of aromatic nitrogens is 1. The second kappa shape index (κ2) is 10.0. The molecule has 1 aliphatic rings. The molecule has 8 nitrogen and oxygen atoms in total. The number of H-pyrrole nitrogens is 1. The third-order valence-electron chi connectivity index (χ3n) is 5.91. The molecule has 0 aliphatic heterocycles. The molecule has 5 N–H and O–H groups in total. The second-order valence-electron chi connectivity index (χ2n) is 8.57. The van der Waals surface area contributed by atoms with Gasteiger partial charge in [-0.3, -0.25) is 4.72 Å². The molecule has 1 aliphatic carbocycles. The first kappa shape index (κ1) is 23.4. The fraction of sp³-hybridized carbons (Fsp3) is 0.417. The lowest BCUT2D eigenvalue weighted by Gasteiger charge is -2.15. The average Bonchev–Trinajstić information content (AvgIpc) is 2.94. The van der Waals surface area contributed by atoms with Crippen LogP contribution < -0.4 is 14.8 Å². The summed E-state index contributed by atoms with van der Waals surface area (Å²) in [5.74, 6) is 0.625. The number of rotatable bonds is 9. The minimum atomic E-state index is -3.54. The first-order valence-electron chi connectivity index (χ1n) is 11.3. The number of aromatic hydroxyl groups is 1. The molecule has 0 spiro atoms. The van der Waals surface area contributed by atoms with E-state index in [9.17, 15) is 18.6 Å². The smallest absolute Gasteiger partial charge is 0.229 e. The van der Waals surface area contributed by atoms with Crippen molar-refractivity contribution in [1.29, 1.82) is 0 Å². The predicted molar refractivity (Wildman–Crippen MR) is 129 cm³/mol. The van der Waals surface area contributed by atoms with Crippen molar-refractivity contribution < 1.29 is 23.4 Å². The number of phenols is 1. The summed E-state index contributed by atoms with van der Waals surface area (Å²) < 4.78 is 31.0. The number of anilines is 1. The molecule has 2 aromatic carbocycles. The van der Waals surface area contributed by atoms with Gasteiger partial charge in [0.1, 0.15) is 18.1 Å². The van der Waals surface area contributed by atoms with Crippen LogP contribution in [0.1, 0.15) is 42.2 Å². The van der Waals surface area contributed by atoms with E-state index in [4.69, 9.17) is 4.74 Å². The van der Waals surface area contributed by atoms with Crippen LogP contribution in [0.25, 0.3) is 10.9 Å². The lowest BCUT2D eigenvalue weighted by atomic mass is 10.1. The number of nitrogens with one attached hydrogen (secondary N) is 3. The summed E-state index contributed by atoms with van der Waals surface area (Å²) in [5, 5.41) is 24.6. The fourth-order valence-electron chi connectivity index (χ4n) is 4.29. The zero-order valence-electron chi connectivity index (χ0n) is 18.7. The highest BCUT2D eigenvalue weighted by atomic mass is 32.2. The topological polar surface area (TPSA) is 124 Å².